The number of nitrogens with zero attached hydrogens (tertiary/aromatic N) is 3. The maximum atomic E-state index is 12.5. The van der Waals surface area contributed by atoms with E-state index in [4.69, 9.17) is 4.74 Å². The molecule has 1 aliphatic rings. The van der Waals surface area contributed by atoms with Gasteiger partial charge in [0.25, 0.3) is 0 Å². The van der Waals surface area contributed by atoms with Crippen molar-refractivity contribution in [3.05, 3.63) is 16.1 Å². The summed E-state index contributed by atoms with van der Waals surface area (Å²) in [4.78, 5) is 21.2. The van der Waals surface area contributed by atoms with E-state index in [1.54, 1.807) is 11.3 Å². The second-order valence-corrected chi connectivity index (χ2v) is 7.15. The summed E-state index contributed by atoms with van der Waals surface area (Å²) in [5.41, 5.74) is 0.859. The van der Waals surface area contributed by atoms with Gasteiger partial charge in [-0.1, -0.05) is 6.92 Å². The molecule has 1 amide bonds. The predicted molar refractivity (Wildman–Crippen MR) is 89.1 cm³/mol. The molecule has 0 unspecified atom stereocenters. The Labute approximate surface area is 137 Å². The Balaban J connectivity index is 1.93. The van der Waals surface area contributed by atoms with Gasteiger partial charge in [-0.25, -0.2) is 4.98 Å². The fourth-order valence-electron chi connectivity index (χ4n) is 3.00. The van der Waals surface area contributed by atoms with Crippen LogP contribution in [0, 0.1) is 5.92 Å². The molecule has 1 fully saturated rings. The topological polar surface area (TPSA) is 45.7 Å². The highest BCUT2D eigenvalue weighted by molar-refractivity contribution is 7.09. The SMILES string of the molecule is CCO[C@H](C)c1nc(CC(=O)N2C[C@@H](C)[C@@H](N(C)C)C2)cs1. The van der Waals surface area contributed by atoms with Crippen LogP contribution in [0.1, 0.15) is 37.6 Å². The maximum Gasteiger partial charge on any atom is 0.228 e. The highest BCUT2D eigenvalue weighted by Gasteiger charge is 2.33. The third kappa shape index (κ3) is 4.06. The highest BCUT2D eigenvalue weighted by Crippen LogP contribution is 2.23. The zero-order valence-corrected chi connectivity index (χ0v) is 15.0. The predicted octanol–water partition coefficient (Wildman–Crippen LogP) is 2.19. The molecule has 0 aliphatic carbocycles. The Morgan fingerprint density at radius 2 is 2.27 bits per heavy atom. The van der Waals surface area contributed by atoms with Gasteiger partial charge in [0.1, 0.15) is 11.1 Å². The van der Waals surface area contributed by atoms with E-state index in [2.05, 4.69) is 30.9 Å². The minimum atomic E-state index is 0.00350. The van der Waals surface area contributed by atoms with Crippen LogP contribution in [0.15, 0.2) is 5.38 Å². The molecule has 0 radical (unpaired) electrons. The third-order valence-electron chi connectivity index (χ3n) is 4.25. The van der Waals surface area contributed by atoms with Crippen LogP contribution < -0.4 is 0 Å². The summed E-state index contributed by atoms with van der Waals surface area (Å²) in [6, 6.07) is 0.452. The molecule has 1 aromatic heterocycles. The summed E-state index contributed by atoms with van der Waals surface area (Å²) in [5.74, 6) is 0.694. The lowest BCUT2D eigenvalue weighted by atomic mass is 10.1. The number of likely N-dealkylation sites (N-methyl/N-ethyl adjacent to an activating group) is 1. The van der Waals surface area contributed by atoms with Crippen molar-refractivity contribution in [1.82, 2.24) is 14.8 Å². The molecule has 3 atom stereocenters. The van der Waals surface area contributed by atoms with E-state index in [0.717, 1.165) is 23.8 Å². The normalized spacial score (nSPS) is 23.3. The van der Waals surface area contributed by atoms with Gasteiger partial charge in [0, 0.05) is 31.1 Å². The monoisotopic (exact) mass is 325 g/mol. The van der Waals surface area contributed by atoms with Gasteiger partial charge in [-0.2, -0.15) is 0 Å². The number of aromatic nitrogens is 1. The summed E-state index contributed by atoms with van der Waals surface area (Å²) >= 11 is 1.57. The molecule has 2 heterocycles. The lowest BCUT2D eigenvalue weighted by molar-refractivity contribution is -0.129. The molecule has 1 saturated heterocycles. The number of hydrogen-bond acceptors (Lipinski definition) is 5. The molecule has 0 saturated carbocycles. The van der Waals surface area contributed by atoms with Gasteiger partial charge in [0.05, 0.1) is 12.1 Å². The minimum absolute atomic E-state index is 0.00350. The Morgan fingerprint density at radius 3 is 2.86 bits per heavy atom. The van der Waals surface area contributed by atoms with E-state index in [9.17, 15) is 4.79 Å². The molecular weight excluding hydrogens is 298 g/mol. The first-order valence-electron chi connectivity index (χ1n) is 7.92. The average molecular weight is 325 g/mol. The van der Waals surface area contributed by atoms with Crippen LogP contribution in [0.2, 0.25) is 0 Å². The van der Waals surface area contributed by atoms with Crippen LogP contribution in [-0.4, -0.2) is 60.5 Å². The molecule has 124 valence electrons. The largest absolute Gasteiger partial charge is 0.372 e. The summed E-state index contributed by atoms with van der Waals surface area (Å²) in [5, 5.41) is 2.93. The van der Waals surface area contributed by atoms with E-state index in [1.807, 2.05) is 24.1 Å². The first kappa shape index (κ1) is 17.4. The molecular formula is C16H27N3O2S. The summed E-state index contributed by atoms with van der Waals surface area (Å²) in [6.07, 6.45) is 0.395. The number of ether oxygens (including phenoxy) is 1. The lowest BCUT2D eigenvalue weighted by Gasteiger charge is -2.22. The van der Waals surface area contributed by atoms with Crippen molar-refractivity contribution in [2.24, 2.45) is 5.92 Å². The number of carbonyl (C=O) groups excluding carboxylic acids is 1. The average Bonchev–Trinajstić information content (AvgIpc) is 3.05. The number of thiazole rings is 1. The van der Waals surface area contributed by atoms with E-state index >= 15 is 0 Å². The van der Waals surface area contributed by atoms with Crippen molar-refractivity contribution in [1.29, 1.82) is 0 Å². The number of rotatable bonds is 6. The van der Waals surface area contributed by atoms with Gasteiger partial charge in [-0.3, -0.25) is 4.79 Å². The van der Waals surface area contributed by atoms with Crippen LogP contribution in [0.25, 0.3) is 0 Å². The van der Waals surface area contributed by atoms with Crippen molar-refractivity contribution in [3.63, 3.8) is 0 Å². The van der Waals surface area contributed by atoms with E-state index < -0.39 is 0 Å². The first-order chi connectivity index (χ1) is 10.4. The fraction of sp³-hybridized carbons (Fsp3) is 0.750. The van der Waals surface area contributed by atoms with E-state index in [-0.39, 0.29) is 12.0 Å². The van der Waals surface area contributed by atoms with Crippen LogP contribution in [-0.2, 0) is 16.0 Å². The van der Waals surface area contributed by atoms with Crippen molar-refractivity contribution in [2.75, 3.05) is 33.8 Å². The zero-order valence-electron chi connectivity index (χ0n) is 14.2. The number of likely N-dealkylation sites (tertiary alicyclic amines) is 1. The van der Waals surface area contributed by atoms with Crippen LogP contribution in [0.5, 0.6) is 0 Å². The van der Waals surface area contributed by atoms with Crippen molar-refractivity contribution in [3.8, 4) is 0 Å². The van der Waals surface area contributed by atoms with Crippen LogP contribution in [0.4, 0.5) is 0 Å². The molecule has 5 nitrogen and oxygen atoms in total. The molecule has 1 aliphatic heterocycles. The number of carbonyl (C=O) groups is 1. The fourth-order valence-corrected chi connectivity index (χ4v) is 3.83. The standard InChI is InChI=1S/C16H27N3O2S/c1-6-21-12(3)16-17-13(10-22-16)7-15(20)19-8-11(2)14(9-19)18(4)5/h10-12,14H,6-9H2,1-5H3/t11-,12-,14+/m1/s1. The third-order valence-corrected chi connectivity index (χ3v) is 5.31. The van der Waals surface area contributed by atoms with Crippen molar-refractivity contribution in [2.45, 2.75) is 39.3 Å². The number of amides is 1. The molecule has 22 heavy (non-hydrogen) atoms. The van der Waals surface area contributed by atoms with Gasteiger partial charge < -0.3 is 14.5 Å². The molecule has 0 N–H and O–H groups in total. The van der Waals surface area contributed by atoms with E-state index in [0.29, 0.717) is 25.0 Å². The Hall–Kier alpha value is -0.980. The number of hydrogen-bond donors (Lipinski definition) is 0. The quantitative estimate of drug-likeness (QED) is 0.804. The van der Waals surface area contributed by atoms with Gasteiger partial charge in [0.2, 0.25) is 5.91 Å². The van der Waals surface area contributed by atoms with Crippen LogP contribution >= 0.6 is 11.3 Å². The lowest BCUT2D eigenvalue weighted by Crippen LogP contribution is -2.36. The molecule has 1 aromatic rings. The van der Waals surface area contributed by atoms with Crippen molar-refractivity contribution < 1.29 is 9.53 Å². The minimum Gasteiger partial charge on any atom is -0.372 e. The van der Waals surface area contributed by atoms with Gasteiger partial charge in [-0.15, -0.1) is 11.3 Å². The Bertz CT molecular complexity index is 503. The molecule has 6 heteroatoms. The maximum absolute atomic E-state index is 12.5. The van der Waals surface area contributed by atoms with Gasteiger partial charge >= 0.3 is 0 Å². The second kappa shape index (κ2) is 7.53. The van der Waals surface area contributed by atoms with Crippen LogP contribution in [0.3, 0.4) is 0 Å². The second-order valence-electron chi connectivity index (χ2n) is 6.26. The smallest absolute Gasteiger partial charge is 0.228 e. The summed E-state index contributed by atoms with van der Waals surface area (Å²) in [7, 11) is 4.16. The zero-order chi connectivity index (χ0) is 16.3. The molecule has 0 bridgehead atoms. The molecule has 0 spiro atoms. The van der Waals surface area contributed by atoms with Gasteiger partial charge in [0.15, 0.2) is 0 Å². The first-order valence-corrected chi connectivity index (χ1v) is 8.80. The highest BCUT2D eigenvalue weighted by atomic mass is 32.1. The Kier molecular flexibility index (Phi) is 5.94. The molecule has 0 aromatic carbocycles. The van der Waals surface area contributed by atoms with Crippen molar-refractivity contribution >= 4 is 17.2 Å². The van der Waals surface area contributed by atoms with Gasteiger partial charge in [-0.05, 0) is 33.9 Å². The molecule has 2 rings (SSSR count). The summed E-state index contributed by atoms with van der Waals surface area (Å²) in [6.45, 7) is 8.52. The van der Waals surface area contributed by atoms with E-state index in [1.165, 1.54) is 0 Å². The summed E-state index contributed by atoms with van der Waals surface area (Å²) < 4.78 is 5.55. The Morgan fingerprint density at radius 1 is 1.55 bits per heavy atom.